The Morgan fingerprint density at radius 1 is 1.44 bits per heavy atom. The fraction of sp³-hybridized carbons (Fsp3) is 0.462. The van der Waals surface area contributed by atoms with Gasteiger partial charge < -0.3 is 15.9 Å². The molecule has 1 heterocycles. The standard InChI is InChI=1S/C13H17N3O2/c14-7-13(4-1-5-13)11(15)8-2-3-10-9(6-8)16-12(17)18-10/h2-3,6,11H,1,4-5,7,14-15H2,(H,16,17). The first-order valence-electron chi connectivity index (χ1n) is 6.23. The number of hydrogen-bond donors (Lipinski definition) is 3. The van der Waals surface area contributed by atoms with E-state index in [0.717, 1.165) is 18.4 Å². The molecule has 0 spiro atoms. The minimum atomic E-state index is -0.437. The van der Waals surface area contributed by atoms with Crippen LogP contribution in [0.25, 0.3) is 11.1 Å². The number of nitrogens with one attached hydrogen (secondary N) is 1. The first-order chi connectivity index (χ1) is 8.64. The molecule has 1 aliphatic rings. The van der Waals surface area contributed by atoms with E-state index in [1.165, 1.54) is 6.42 Å². The minimum absolute atomic E-state index is 0.0255. The summed E-state index contributed by atoms with van der Waals surface area (Å²) < 4.78 is 4.98. The first-order valence-corrected chi connectivity index (χ1v) is 6.23. The van der Waals surface area contributed by atoms with Gasteiger partial charge in [-0.15, -0.1) is 0 Å². The molecule has 5 N–H and O–H groups in total. The number of hydrogen-bond acceptors (Lipinski definition) is 4. The molecule has 1 aromatic carbocycles. The Balaban J connectivity index is 2.00. The van der Waals surface area contributed by atoms with E-state index in [1.54, 1.807) is 6.07 Å². The summed E-state index contributed by atoms with van der Waals surface area (Å²) in [6, 6.07) is 5.50. The van der Waals surface area contributed by atoms with Gasteiger partial charge in [0.2, 0.25) is 0 Å². The van der Waals surface area contributed by atoms with E-state index in [1.807, 2.05) is 12.1 Å². The van der Waals surface area contributed by atoms with E-state index >= 15 is 0 Å². The van der Waals surface area contributed by atoms with Crippen molar-refractivity contribution in [2.75, 3.05) is 6.54 Å². The summed E-state index contributed by atoms with van der Waals surface area (Å²) in [6.45, 7) is 0.605. The van der Waals surface area contributed by atoms with E-state index in [9.17, 15) is 4.79 Å². The van der Waals surface area contributed by atoms with Crippen LogP contribution in [0.2, 0.25) is 0 Å². The molecule has 0 amide bonds. The lowest BCUT2D eigenvalue weighted by Crippen LogP contribution is -2.46. The Morgan fingerprint density at radius 2 is 2.22 bits per heavy atom. The van der Waals surface area contributed by atoms with E-state index in [2.05, 4.69) is 4.98 Å². The van der Waals surface area contributed by atoms with Crippen molar-refractivity contribution < 1.29 is 4.42 Å². The smallest absolute Gasteiger partial charge is 0.408 e. The molecule has 1 saturated carbocycles. The molecular weight excluding hydrogens is 230 g/mol. The number of fused-ring (bicyclic) bond motifs is 1. The molecule has 5 heteroatoms. The third-order valence-corrected chi connectivity index (χ3v) is 4.22. The van der Waals surface area contributed by atoms with Crippen LogP contribution >= 0.6 is 0 Å². The molecule has 0 saturated heterocycles. The van der Waals surface area contributed by atoms with Gasteiger partial charge in [0.1, 0.15) is 0 Å². The van der Waals surface area contributed by atoms with Crippen molar-refractivity contribution >= 4 is 11.1 Å². The summed E-state index contributed by atoms with van der Waals surface area (Å²) in [5.41, 5.74) is 14.5. The van der Waals surface area contributed by atoms with Crippen molar-refractivity contribution in [3.8, 4) is 0 Å². The molecule has 3 rings (SSSR count). The summed E-state index contributed by atoms with van der Waals surface area (Å²) in [5.74, 6) is -0.437. The number of benzene rings is 1. The lowest BCUT2D eigenvalue weighted by atomic mass is 9.63. The Morgan fingerprint density at radius 3 is 2.83 bits per heavy atom. The highest BCUT2D eigenvalue weighted by Crippen LogP contribution is 2.48. The second kappa shape index (κ2) is 3.96. The van der Waals surface area contributed by atoms with Gasteiger partial charge in [0.25, 0.3) is 0 Å². The second-order valence-electron chi connectivity index (χ2n) is 5.17. The van der Waals surface area contributed by atoms with Gasteiger partial charge in [-0.05, 0) is 37.1 Å². The number of aromatic nitrogens is 1. The van der Waals surface area contributed by atoms with Crippen LogP contribution in [-0.4, -0.2) is 11.5 Å². The van der Waals surface area contributed by atoms with E-state index in [-0.39, 0.29) is 11.5 Å². The van der Waals surface area contributed by atoms with Crippen LogP contribution in [0.5, 0.6) is 0 Å². The zero-order valence-corrected chi connectivity index (χ0v) is 10.1. The van der Waals surface area contributed by atoms with Gasteiger partial charge >= 0.3 is 5.76 Å². The van der Waals surface area contributed by atoms with Gasteiger partial charge in [-0.2, -0.15) is 0 Å². The maximum Gasteiger partial charge on any atom is 0.417 e. The molecule has 1 atom stereocenters. The van der Waals surface area contributed by atoms with Gasteiger partial charge in [-0.3, -0.25) is 4.98 Å². The fourth-order valence-corrected chi connectivity index (χ4v) is 2.79. The molecule has 1 unspecified atom stereocenters. The van der Waals surface area contributed by atoms with Crippen molar-refractivity contribution in [2.24, 2.45) is 16.9 Å². The monoisotopic (exact) mass is 247 g/mol. The second-order valence-corrected chi connectivity index (χ2v) is 5.17. The lowest BCUT2D eigenvalue weighted by molar-refractivity contribution is 0.105. The molecule has 18 heavy (non-hydrogen) atoms. The predicted molar refractivity (Wildman–Crippen MR) is 69.1 cm³/mol. The SMILES string of the molecule is NCC1(C(N)c2ccc3oc(=O)[nH]c3c2)CCC1. The van der Waals surface area contributed by atoms with E-state index in [4.69, 9.17) is 15.9 Å². The van der Waals surface area contributed by atoms with Crippen molar-refractivity contribution in [2.45, 2.75) is 25.3 Å². The maximum absolute atomic E-state index is 11.1. The largest absolute Gasteiger partial charge is 0.417 e. The molecule has 0 bridgehead atoms. The van der Waals surface area contributed by atoms with Gasteiger partial charge in [0.15, 0.2) is 5.58 Å². The quantitative estimate of drug-likeness (QED) is 0.760. The predicted octanol–water partition coefficient (Wildman–Crippen LogP) is 1.25. The molecule has 0 aliphatic heterocycles. The Hall–Kier alpha value is -1.59. The van der Waals surface area contributed by atoms with Crippen molar-refractivity contribution in [3.63, 3.8) is 0 Å². The minimum Gasteiger partial charge on any atom is -0.408 e. The Kier molecular flexibility index (Phi) is 2.53. The Bertz CT molecular complexity index is 619. The fourth-order valence-electron chi connectivity index (χ4n) is 2.79. The first kappa shape index (κ1) is 11.5. The van der Waals surface area contributed by atoms with Crippen LogP contribution in [0, 0.1) is 5.41 Å². The summed E-state index contributed by atoms with van der Waals surface area (Å²) in [5, 5.41) is 0. The van der Waals surface area contributed by atoms with Crippen molar-refractivity contribution in [1.82, 2.24) is 4.98 Å². The third-order valence-electron chi connectivity index (χ3n) is 4.22. The van der Waals surface area contributed by atoms with Crippen molar-refractivity contribution in [3.05, 3.63) is 34.3 Å². The molecular formula is C13H17N3O2. The summed E-state index contributed by atoms with van der Waals surface area (Å²) in [4.78, 5) is 13.8. The topological polar surface area (TPSA) is 98.0 Å². The van der Waals surface area contributed by atoms with Crippen LogP contribution < -0.4 is 17.2 Å². The molecule has 1 aliphatic carbocycles. The highest BCUT2D eigenvalue weighted by Gasteiger charge is 2.41. The number of oxazole rings is 1. The highest BCUT2D eigenvalue weighted by atomic mass is 16.4. The average molecular weight is 247 g/mol. The third kappa shape index (κ3) is 1.59. The highest BCUT2D eigenvalue weighted by molar-refractivity contribution is 5.73. The zero-order chi connectivity index (χ0) is 12.8. The summed E-state index contributed by atoms with van der Waals surface area (Å²) in [6.07, 6.45) is 3.34. The number of nitrogens with two attached hydrogens (primary N) is 2. The van der Waals surface area contributed by atoms with Gasteiger partial charge in [0.05, 0.1) is 5.52 Å². The van der Waals surface area contributed by atoms with Crippen LogP contribution in [0.15, 0.2) is 27.4 Å². The molecule has 2 aromatic rings. The van der Waals surface area contributed by atoms with Gasteiger partial charge in [-0.25, -0.2) is 4.79 Å². The number of aromatic amines is 1. The number of rotatable bonds is 3. The van der Waals surface area contributed by atoms with E-state index < -0.39 is 5.76 Å². The molecule has 96 valence electrons. The molecule has 1 fully saturated rings. The van der Waals surface area contributed by atoms with Crippen LogP contribution in [0.1, 0.15) is 30.9 Å². The van der Waals surface area contributed by atoms with Crippen LogP contribution in [0.3, 0.4) is 0 Å². The average Bonchev–Trinajstić information content (AvgIpc) is 2.67. The van der Waals surface area contributed by atoms with E-state index in [0.29, 0.717) is 17.6 Å². The lowest BCUT2D eigenvalue weighted by Gasteiger charge is -2.45. The van der Waals surface area contributed by atoms with Crippen molar-refractivity contribution in [1.29, 1.82) is 0 Å². The van der Waals surface area contributed by atoms with Gasteiger partial charge in [0, 0.05) is 11.5 Å². The molecule has 0 radical (unpaired) electrons. The van der Waals surface area contributed by atoms with Crippen LogP contribution in [-0.2, 0) is 0 Å². The zero-order valence-electron chi connectivity index (χ0n) is 10.1. The normalized spacial score (nSPS) is 19.7. The van der Waals surface area contributed by atoms with Crippen LogP contribution in [0.4, 0.5) is 0 Å². The Labute approximate surface area is 104 Å². The molecule has 1 aromatic heterocycles. The summed E-state index contributed by atoms with van der Waals surface area (Å²) >= 11 is 0. The number of H-pyrrole nitrogens is 1. The maximum atomic E-state index is 11.1. The summed E-state index contributed by atoms with van der Waals surface area (Å²) in [7, 11) is 0. The van der Waals surface area contributed by atoms with Gasteiger partial charge in [-0.1, -0.05) is 12.5 Å². The molecule has 5 nitrogen and oxygen atoms in total.